The number of benzene rings is 3. The number of esters is 1. The van der Waals surface area contributed by atoms with Crippen molar-refractivity contribution < 1.29 is 33.0 Å². The van der Waals surface area contributed by atoms with Crippen molar-refractivity contribution >= 4 is 46.7 Å². The van der Waals surface area contributed by atoms with Gasteiger partial charge in [-0.2, -0.15) is 0 Å². The number of fused-ring (bicyclic) bond motifs is 1. The average Bonchev–Trinajstić information content (AvgIpc) is 3.07. The van der Waals surface area contributed by atoms with Gasteiger partial charge >= 0.3 is 5.97 Å². The number of nitrogens with zero attached hydrogens (tertiary/aromatic N) is 1. The maximum absolute atomic E-state index is 13.2. The minimum Gasteiger partial charge on any atom is -0.495 e. The van der Waals surface area contributed by atoms with Crippen LogP contribution < -0.4 is 15.0 Å². The van der Waals surface area contributed by atoms with Crippen LogP contribution in [-0.2, 0) is 9.53 Å². The maximum Gasteiger partial charge on any atom is 0.338 e. The summed E-state index contributed by atoms with van der Waals surface area (Å²) in [5.41, 5.74) is 0.670. The van der Waals surface area contributed by atoms with E-state index in [0.29, 0.717) is 16.5 Å². The first-order valence-corrected chi connectivity index (χ1v) is 10.2. The van der Waals surface area contributed by atoms with Crippen molar-refractivity contribution in [2.24, 2.45) is 0 Å². The lowest BCUT2D eigenvalue weighted by molar-refractivity contribution is -0.119. The van der Waals surface area contributed by atoms with Gasteiger partial charge in [-0.05, 0) is 60.7 Å². The van der Waals surface area contributed by atoms with Crippen molar-refractivity contribution in [3.63, 3.8) is 0 Å². The highest BCUT2D eigenvalue weighted by Crippen LogP contribution is 2.30. The predicted molar refractivity (Wildman–Crippen MR) is 121 cm³/mol. The quantitative estimate of drug-likeness (QED) is 0.419. The van der Waals surface area contributed by atoms with Crippen molar-refractivity contribution in [3.05, 3.63) is 88.2 Å². The molecule has 0 aromatic heterocycles. The molecule has 0 spiro atoms. The highest BCUT2D eigenvalue weighted by atomic mass is 35.5. The van der Waals surface area contributed by atoms with Crippen molar-refractivity contribution in [1.29, 1.82) is 0 Å². The minimum absolute atomic E-state index is 0.00102. The molecule has 0 unspecified atom stereocenters. The molecule has 0 aliphatic carbocycles. The van der Waals surface area contributed by atoms with E-state index in [4.69, 9.17) is 21.1 Å². The number of hydrogen-bond donors (Lipinski definition) is 1. The Balaban J connectivity index is 1.42. The van der Waals surface area contributed by atoms with Crippen LogP contribution in [0.1, 0.15) is 31.1 Å². The molecule has 8 nitrogen and oxygen atoms in total. The Labute approximate surface area is 197 Å². The fourth-order valence-corrected chi connectivity index (χ4v) is 3.61. The third-order valence-corrected chi connectivity index (χ3v) is 5.27. The SMILES string of the molecule is COc1ccc(NC(=O)COC(=O)c2ccc3c(c2)C(=O)N(c2ccc(F)cc2)C3=O)cc1Cl. The lowest BCUT2D eigenvalue weighted by Gasteiger charge is -2.13. The number of imide groups is 1. The fraction of sp³-hybridized carbons (Fsp3) is 0.0833. The summed E-state index contributed by atoms with van der Waals surface area (Å²) in [4.78, 5) is 50.9. The first-order valence-electron chi connectivity index (χ1n) is 9.87. The number of anilines is 2. The van der Waals surface area contributed by atoms with E-state index in [1.807, 2.05) is 0 Å². The van der Waals surface area contributed by atoms with Crippen molar-refractivity contribution in [2.75, 3.05) is 23.9 Å². The van der Waals surface area contributed by atoms with Gasteiger partial charge in [0, 0.05) is 5.69 Å². The molecule has 0 saturated heterocycles. The van der Waals surface area contributed by atoms with Gasteiger partial charge in [0.1, 0.15) is 11.6 Å². The molecule has 0 bridgehead atoms. The average molecular weight is 483 g/mol. The molecule has 0 saturated carbocycles. The van der Waals surface area contributed by atoms with Gasteiger partial charge in [-0.15, -0.1) is 0 Å². The fourth-order valence-electron chi connectivity index (χ4n) is 3.35. The summed E-state index contributed by atoms with van der Waals surface area (Å²) < 4.78 is 23.3. The zero-order chi connectivity index (χ0) is 24.4. The van der Waals surface area contributed by atoms with Crippen LogP contribution in [-0.4, -0.2) is 37.4 Å². The number of halogens is 2. The summed E-state index contributed by atoms with van der Waals surface area (Å²) in [7, 11) is 1.46. The zero-order valence-corrected chi connectivity index (χ0v) is 18.4. The smallest absolute Gasteiger partial charge is 0.338 e. The summed E-state index contributed by atoms with van der Waals surface area (Å²) in [6, 6.07) is 13.4. The van der Waals surface area contributed by atoms with E-state index in [1.165, 1.54) is 43.5 Å². The molecule has 3 aromatic carbocycles. The number of ether oxygens (including phenoxy) is 2. The van der Waals surface area contributed by atoms with E-state index >= 15 is 0 Å². The van der Waals surface area contributed by atoms with Crippen LogP contribution in [0, 0.1) is 5.82 Å². The Kier molecular flexibility index (Phi) is 6.29. The monoisotopic (exact) mass is 482 g/mol. The van der Waals surface area contributed by atoms with Gasteiger partial charge in [0.15, 0.2) is 6.61 Å². The van der Waals surface area contributed by atoms with Gasteiger partial charge in [-0.3, -0.25) is 14.4 Å². The lowest BCUT2D eigenvalue weighted by Crippen LogP contribution is -2.29. The van der Waals surface area contributed by atoms with Crippen LogP contribution in [0.3, 0.4) is 0 Å². The van der Waals surface area contributed by atoms with E-state index in [0.717, 1.165) is 17.0 Å². The minimum atomic E-state index is -0.855. The number of rotatable bonds is 6. The summed E-state index contributed by atoms with van der Waals surface area (Å²) in [6.07, 6.45) is 0. The molecule has 0 fully saturated rings. The zero-order valence-electron chi connectivity index (χ0n) is 17.6. The van der Waals surface area contributed by atoms with Crippen molar-refractivity contribution in [3.8, 4) is 5.75 Å². The summed E-state index contributed by atoms with van der Waals surface area (Å²) in [5.74, 6) is -2.78. The van der Waals surface area contributed by atoms with E-state index in [-0.39, 0.29) is 22.4 Å². The predicted octanol–water partition coefficient (Wildman–Crippen LogP) is 4.08. The summed E-state index contributed by atoms with van der Waals surface area (Å²) >= 11 is 6.01. The van der Waals surface area contributed by atoms with Gasteiger partial charge in [0.2, 0.25) is 0 Å². The molecular formula is C24H16ClFN2O6. The standard InChI is InChI=1S/C24H16ClFN2O6/c1-33-20-9-5-15(11-19(20)25)27-21(29)12-34-24(32)13-2-8-17-18(10-13)23(31)28(22(17)30)16-6-3-14(26)4-7-16/h2-11H,12H2,1H3,(H,27,29). The Hall–Kier alpha value is -4.24. The van der Waals surface area contributed by atoms with Gasteiger partial charge in [-0.1, -0.05) is 11.6 Å². The molecule has 4 rings (SSSR count). The van der Waals surface area contributed by atoms with E-state index < -0.39 is 36.1 Å². The number of carbonyl (C=O) groups is 4. The van der Waals surface area contributed by atoms with Crippen molar-refractivity contribution in [1.82, 2.24) is 0 Å². The van der Waals surface area contributed by atoms with Crippen LogP contribution in [0.4, 0.5) is 15.8 Å². The number of methoxy groups -OCH3 is 1. The normalized spacial score (nSPS) is 12.4. The Morgan fingerprint density at radius 3 is 2.35 bits per heavy atom. The highest BCUT2D eigenvalue weighted by molar-refractivity contribution is 6.34. The first-order chi connectivity index (χ1) is 16.3. The van der Waals surface area contributed by atoms with Crippen LogP contribution in [0.15, 0.2) is 60.7 Å². The van der Waals surface area contributed by atoms with Crippen LogP contribution in [0.2, 0.25) is 5.02 Å². The molecule has 34 heavy (non-hydrogen) atoms. The molecule has 0 atom stereocenters. The van der Waals surface area contributed by atoms with Crippen LogP contribution >= 0.6 is 11.6 Å². The third-order valence-electron chi connectivity index (χ3n) is 4.98. The van der Waals surface area contributed by atoms with Crippen LogP contribution in [0.5, 0.6) is 5.75 Å². The lowest BCUT2D eigenvalue weighted by atomic mass is 10.1. The summed E-state index contributed by atoms with van der Waals surface area (Å²) in [6.45, 7) is -0.589. The molecule has 172 valence electrons. The Morgan fingerprint density at radius 2 is 1.68 bits per heavy atom. The number of carbonyl (C=O) groups excluding carboxylic acids is 4. The van der Waals surface area contributed by atoms with Gasteiger partial charge in [0.25, 0.3) is 17.7 Å². The maximum atomic E-state index is 13.2. The molecule has 10 heteroatoms. The number of hydrogen-bond acceptors (Lipinski definition) is 6. The second-order valence-electron chi connectivity index (χ2n) is 7.16. The second kappa shape index (κ2) is 9.32. The molecule has 1 heterocycles. The van der Waals surface area contributed by atoms with E-state index in [9.17, 15) is 23.6 Å². The topological polar surface area (TPSA) is 102 Å². The molecule has 3 aromatic rings. The molecule has 1 aliphatic rings. The highest BCUT2D eigenvalue weighted by Gasteiger charge is 2.37. The molecular weight excluding hydrogens is 467 g/mol. The number of nitrogens with one attached hydrogen (secondary N) is 1. The molecule has 1 aliphatic heterocycles. The molecule has 3 amide bonds. The largest absolute Gasteiger partial charge is 0.495 e. The Morgan fingerprint density at radius 1 is 0.971 bits per heavy atom. The summed E-state index contributed by atoms with van der Waals surface area (Å²) in [5, 5.41) is 2.83. The second-order valence-corrected chi connectivity index (χ2v) is 7.56. The molecule has 0 radical (unpaired) electrons. The van der Waals surface area contributed by atoms with Gasteiger partial charge < -0.3 is 14.8 Å². The third kappa shape index (κ3) is 4.46. The van der Waals surface area contributed by atoms with Crippen LogP contribution in [0.25, 0.3) is 0 Å². The van der Waals surface area contributed by atoms with Crippen molar-refractivity contribution in [2.45, 2.75) is 0 Å². The van der Waals surface area contributed by atoms with Gasteiger partial charge in [-0.25, -0.2) is 14.1 Å². The number of amides is 3. The van der Waals surface area contributed by atoms with Gasteiger partial charge in [0.05, 0.1) is 34.5 Å². The Bertz CT molecular complexity index is 1330. The van der Waals surface area contributed by atoms with E-state index in [1.54, 1.807) is 12.1 Å². The van der Waals surface area contributed by atoms with E-state index in [2.05, 4.69) is 5.32 Å². The molecule has 1 N–H and O–H groups in total. The first kappa shape index (κ1) is 22.9.